The van der Waals surface area contributed by atoms with E-state index in [1.54, 1.807) is 6.08 Å². The molecule has 0 saturated carbocycles. The first-order valence-corrected chi connectivity index (χ1v) is 4.23. The van der Waals surface area contributed by atoms with Gasteiger partial charge in [-0.15, -0.1) is 0 Å². The van der Waals surface area contributed by atoms with Crippen LogP contribution in [0, 0.1) is 11.3 Å². The molecule has 0 aliphatic carbocycles. The van der Waals surface area contributed by atoms with Gasteiger partial charge in [0.25, 0.3) is 0 Å². The summed E-state index contributed by atoms with van der Waals surface area (Å²) in [6.07, 6.45) is 10.3. The molecule has 0 amide bonds. The Balaban J connectivity index is 3.97. The van der Waals surface area contributed by atoms with Gasteiger partial charge in [0, 0.05) is 5.57 Å². The van der Waals surface area contributed by atoms with E-state index in [0.717, 1.165) is 24.8 Å². The average molecular weight is 161 g/mol. The van der Waals surface area contributed by atoms with Gasteiger partial charge in [0.05, 0.1) is 6.07 Å². The molecule has 0 aromatic carbocycles. The first-order chi connectivity index (χ1) is 5.85. The second kappa shape index (κ2) is 7.81. The zero-order valence-electron chi connectivity index (χ0n) is 7.59. The molecule has 1 nitrogen and oxygen atoms in total. The van der Waals surface area contributed by atoms with Crippen molar-refractivity contribution in [1.29, 1.82) is 5.26 Å². The predicted octanol–water partition coefficient (Wildman–Crippen LogP) is 3.37. The van der Waals surface area contributed by atoms with Gasteiger partial charge in [-0.1, -0.05) is 38.2 Å². The van der Waals surface area contributed by atoms with Gasteiger partial charge in [0.2, 0.25) is 0 Å². The smallest absolute Gasteiger partial charge is 0.0947 e. The molecule has 0 radical (unpaired) electrons. The van der Waals surface area contributed by atoms with Crippen LogP contribution in [0.25, 0.3) is 0 Å². The van der Waals surface area contributed by atoms with Crippen molar-refractivity contribution in [3.8, 4) is 6.07 Å². The standard InChI is InChI=1S/C11H15N/c1-3-5-7-9-11(10-12)8-6-4-2/h3,5,7,9H,1,4,6,8H2,2H3. The fourth-order valence-electron chi connectivity index (χ4n) is 0.794. The SMILES string of the molecule is C=CC=CC=C(C#N)CCCC. The summed E-state index contributed by atoms with van der Waals surface area (Å²) in [5, 5.41) is 8.67. The lowest BCUT2D eigenvalue weighted by Crippen LogP contribution is -1.78. The molecule has 0 aliphatic heterocycles. The van der Waals surface area contributed by atoms with E-state index in [1.807, 2.05) is 18.2 Å². The van der Waals surface area contributed by atoms with E-state index >= 15 is 0 Å². The number of allylic oxidation sites excluding steroid dienone is 5. The van der Waals surface area contributed by atoms with Crippen LogP contribution in [-0.4, -0.2) is 0 Å². The normalized spacial score (nSPS) is 11.5. The van der Waals surface area contributed by atoms with Crippen LogP contribution in [-0.2, 0) is 0 Å². The lowest BCUT2D eigenvalue weighted by atomic mass is 10.1. The van der Waals surface area contributed by atoms with Crippen LogP contribution in [0.4, 0.5) is 0 Å². The maximum absolute atomic E-state index is 8.67. The topological polar surface area (TPSA) is 23.8 Å². The summed E-state index contributed by atoms with van der Waals surface area (Å²) in [5.74, 6) is 0. The summed E-state index contributed by atoms with van der Waals surface area (Å²) in [5.41, 5.74) is 0.843. The Kier molecular flexibility index (Phi) is 6.97. The van der Waals surface area contributed by atoms with Crippen LogP contribution in [0.5, 0.6) is 0 Å². The van der Waals surface area contributed by atoms with Crippen molar-refractivity contribution in [3.63, 3.8) is 0 Å². The van der Waals surface area contributed by atoms with Crippen LogP contribution < -0.4 is 0 Å². The van der Waals surface area contributed by atoms with E-state index in [1.165, 1.54) is 0 Å². The minimum atomic E-state index is 0.843. The quantitative estimate of drug-likeness (QED) is 0.448. The van der Waals surface area contributed by atoms with Gasteiger partial charge in [-0.25, -0.2) is 0 Å². The zero-order chi connectivity index (χ0) is 9.23. The van der Waals surface area contributed by atoms with Crippen LogP contribution >= 0.6 is 0 Å². The summed E-state index contributed by atoms with van der Waals surface area (Å²) in [7, 11) is 0. The second-order valence-corrected chi connectivity index (χ2v) is 2.53. The van der Waals surface area contributed by atoms with E-state index < -0.39 is 0 Å². The Labute approximate surface area is 74.7 Å². The molecule has 0 fully saturated rings. The molecule has 0 N–H and O–H groups in total. The van der Waals surface area contributed by atoms with Crippen LogP contribution in [0.1, 0.15) is 26.2 Å². The molecule has 64 valence electrons. The van der Waals surface area contributed by atoms with Gasteiger partial charge in [0.15, 0.2) is 0 Å². The Morgan fingerprint density at radius 1 is 1.50 bits per heavy atom. The third-order valence-corrected chi connectivity index (χ3v) is 1.49. The maximum Gasteiger partial charge on any atom is 0.0947 e. The van der Waals surface area contributed by atoms with Crippen molar-refractivity contribution >= 4 is 0 Å². The first-order valence-electron chi connectivity index (χ1n) is 4.23. The average Bonchev–Trinajstić information content (AvgIpc) is 2.11. The molecule has 0 spiro atoms. The maximum atomic E-state index is 8.67. The number of hydrogen-bond acceptors (Lipinski definition) is 1. The van der Waals surface area contributed by atoms with Gasteiger partial charge in [-0.3, -0.25) is 0 Å². The molecule has 0 rings (SSSR count). The summed E-state index contributed by atoms with van der Waals surface area (Å²) in [6.45, 7) is 5.67. The van der Waals surface area contributed by atoms with E-state index in [0.29, 0.717) is 0 Å². The molecule has 0 saturated heterocycles. The number of nitriles is 1. The van der Waals surface area contributed by atoms with Crippen molar-refractivity contribution in [3.05, 3.63) is 36.5 Å². The predicted molar refractivity (Wildman–Crippen MR) is 52.6 cm³/mol. The van der Waals surface area contributed by atoms with E-state index in [-0.39, 0.29) is 0 Å². The molecule has 0 bridgehead atoms. The Morgan fingerprint density at radius 2 is 2.25 bits per heavy atom. The third kappa shape index (κ3) is 5.49. The summed E-state index contributed by atoms with van der Waals surface area (Å²) < 4.78 is 0. The fourth-order valence-corrected chi connectivity index (χ4v) is 0.794. The number of unbranched alkanes of at least 4 members (excludes halogenated alkanes) is 1. The molecule has 0 unspecified atom stereocenters. The van der Waals surface area contributed by atoms with Crippen LogP contribution in [0.15, 0.2) is 36.5 Å². The van der Waals surface area contributed by atoms with Gasteiger partial charge in [-0.2, -0.15) is 5.26 Å². The van der Waals surface area contributed by atoms with Crippen LogP contribution in [0.3, 0.4) is 0 Å². The van der Waals surface area contributed by atoms with Gasteiger partial charge < -0.3 is 0 Å². The highest BCUT2D eigenvalue weighted by Gasteiger charge is 1.91. The Hall–Kier alpha value is -1.29. The Bertz CT molecular complexity index is 216. The number of nitrogens with zero attached hydrogens (tertiary/aromatic N) is 1. The van der Waals surface area contributed by atoms with Gasteiger partial charge >= 0.3 is 0 Å². The van der Waals surface area contributed by atoms with Gasteiger partial charge in [0.1, 0.15) is 0 Å². The first kappa shape index (κ1) is 10.7. The molecule has 12 heavy (non-hydrogen) atoms. The minimum absolute atomic E-state index is 0.843. The zero-order valence-corrected chi connectivity index (χ0v) is 7.59. The number of rotatable bonds is 5. The lowest BCUT2D eigenvalue weighted by molar-refractivity contribution is 0.799. The molecular weight excluding hydrogens is 146 g/mol. The van der Waals surface area contributed by atoms with E-state index in [9.17, 15) is 0 Å². The third-order valence-electron chi connectivity index (χ3n) is 1.49. The van der Waals surface area contributed by atoms with Crippen LogP contribution in [0.2, 0.25) is 0 Å². The van der Waals surface area contributed by atoms with Crippen molar-refractivity contribution in [2.24, 2.45) is 0 Å². The molecule has 0 atom stereocenters. The molecule has 0 heterocycles. The largest absolute Gasteiger partial charge is 0.193 e. The highest BCUT2D eigenvalue weighted by molar-refractivity contribution is 5.26. The van der Waals surface area contributed by atoms with Crippen molar-refractivity contribution < 1.29 is 0 Å². The van der Waals surface area contributed by atoms with E-state index in [4.69, 9.17) is 5.26 Å². The van der Waals surface area contributed by atoms with E-state index in [2.05, 4.69) is 19.6 Å². The van der Waals surface area contributed by atoms with Gasteiger partial charge in [-0.05, 0) is 18.9 Å². The second-order valence-electron chi connectivity index (χ2n) is 2.53. The lowest BCUT2D eigenvalue weighted by Gasteiger charge is -1.92. The molecule has 0 aromatic heterocycles. The summed E-state index contributed by atoms with van der Waals surface area (Å²) >= 11 is 0. The highest BCUT2D eigenvalue weighted by Crippen LogP contribution is 2.05. The molecule has 1 heteroatoms. The van der Waals surface area contributed by atoms with Crippen molar-refractivity contribution in [1.82, 2.24) is 0 Å². The summed E-state index contributed by atoms with van der Waals surface area (Å²) in [4.78, 5) is 0. The number of hydrogen-bond donors (Lipinski definition) is 0. The fraction of sp³-hybridized carbons (Fsp3) is 0.364. The Morgan fingerprint density at radius 3 is 2.75 bits per heavy atom. The molecule has 0 aliphatic rings. The molecule has 0 aromatic rings. The minimum Gasteiger partial charge on any atom is -0.193 e. The van der Waals surface area contributed by atoms with Crippen molar-refractivity contribution in [2.45, 2.75) is 26.2 Å². The highest BCUT2D eigenvalue weighted by atomic mass is 14.2. The van der Waals surface area contributed by atoms with Crippen molar-refractivity contribution in [2.75, 3.05) is 0 Å². The molecular formula is C11H15N. The monoisotopic (exact) mass is 161 g/mol. The summed E-state index contributed by atoms with van der Waals surface area (Å²) in [6, 6.07) is 2.17.